The second-order valence-corrected chi connectivity index (χ2v) is 6.67. The van der Waals surface area contributed by atoms with Gasteiger partial charge in [-0.2, -0.15) is 8.78 Å². The van der Waals surface area contributed by atoms with Crippen molar-refractivity contribution in [2.75, 3.05) is 0 Å². The molecule has 3 nitrogen and oxygen atoms in total. The fourth-order valence-electron chi connectivity index (χ4n) is 3.21. The Morgan fingerprint density at radius 3 is 2.54 bits per heavy atom. The van der Waals surface area contributed by atoms with E-state index in [-0.39, 0.29) is 5.56 Å². The zero-order valence-electron chi connectivity index (χ0n) is 13.7. The van der Waals surface area contributed by atoms with Crippen LogP contribution in [0.25, 0.3) is 11.0 Å². The third-order valence-corrected chi connectivity index (χ3v) is 4.67. The molecular weight excluding hydrogens is 308 g/mol. The summed E-state index contributed by atoms with van der Waals surface area (Å²) in [7, 11) is 0. The lowest BCUT2D eigenvalue weighted by atomic mass is 9.84. The Labute approximate surface area is 138 Å². The molecule has 0 spiro atoms. The number of nitrogens with zero attached hydrogens (tertiary/aromatic N) is 3. The van der Waals surface area contributed by atoms with E-state index in [0.717, 1.165) is 16.6 Å². The largest absolute Gasteiger partial charge is 0.298 e. The molecular formula is C19H17F2N3. The molecule has 0 fully saturated rings. The summed E-state index contributed by atoms with van der Waals surface area (Å²) in [6.45, 7) is 4.91. The third kappa shape index (κ3) is 1.87. The van der Waals surface area contributed by atoms with Crippen molar-refractivity contribution in [3.8, 4) is 0 Å². The molecule has 0 bridgehead atoms. The molecule has 0 unspecified atom stereocenters. The number of fused-ring (bicyclic) bond motifs is 2. The van der Waals surface area contributed by atoms with Gasteiger partial charge >= 0.3 is 0 Å². The van der Waals surface area contributed by atoms with Gasteiger partial charge in [0.1, 0.15) is 17.7 Å². The average molecular weight is 325 g/mol. The van der Waals surface area contributed by atoms with Gasteiger partial charge in [-0.05, 0) is 32.4 Å². The van der Waals surface area contributed by atoms with Crippen LogP contribution in [0.15, 0.2) is 53.8 Å². The van der Waals surface area contributed by atoms with Crippen molar-refractivity contribution in [1.82, 2.24) is 9.55 Å². The van der Waals surface area contributed by atoms with E-state index in [2.05, 4.69) is 9.98 Å². The first kappa shape index (κ1) is 15.0. The van der Waals surface area contributed by atoms with Crippen LogP contribution in [0.1, 0.15) is 30.5 Å². The van der Waals surface area contributed by atoms with Crippen molar-refractivity contribution in [2.24, 2.45) is 4.99 Å². The molecule has 24 heavy (non-hydrogen) atoms. The number of para-hydroxylation sites is 1. The van der Waals surface area contributed by atoms with Gasteiger partial charge < -0.3 is 0 Å². The highest BCUT2D eigenvalue weighted by Gasteiger charge is 2.52. The first-order chi connectivity index (χ1) is 11.3. The molecule has 0 aliphatic carbocycles. The summed E-state index contributed by atoms with van der Waals surface area (Å²) in [5.41, 5.74) is 1.69. The van der Waals surface area contributed by atoms with Crippen LogP contribution >= 0.6 is 0 Å². The van der Waals surface area contributed by atoms with Crippen LogP contribution in [0.5, 0.6) is 0 Å². The van der Waals surface area contributed by atoms with E-state index < -0.39 is 11.5 Å². The van der Waals surface area contributed by atoms with Crippen LogP contribution in [-0.4, -0.2) is 20.9 Å². The normalized spacial score (nSPS) is 18.3. The standard InChI is InChI=1S/C19H17F2N3/c1-12-7-6-10-15-16(12)22-11-24(15)17-13-8-4-5-9-14(13)19(20,21)18(2,3)23-17/h4-11H,1-3H3. The summed E-state index contributed by atoms with van der Waals surface area (Å²) in [6.07, 6.45) is 1.66. The van der Waals surface area contributed by atoms with Crippen molar-refractivity contribution in [3.63, 3.8) is 0 Å². The molecule has 1 aliphatic heterocycles. The Balaban J connectivity index is 2.04. The third-order valence-electron chi connectivity index (χ3n) is 4.67. The molecule has 0 atom stereocenters. The topological polar surface area (TPSA) is 30.2 Å². The zero-order valence-corrected chi connectivity index (χ0v) is 13.7. The number of imidazole rings is 1. The average Bonchev–Trinajstić information content (AvgIpc) is 2.97. The van der Waals surface area contributed by atoms with Crippen molar-refractivity contribution in [3.05, 3.63) is 65.5 Å². The Hall–Kier alpha value is -2.56. The Morgan fingerprint density at radius 1 is 1.00 bits per heavy atom. The molecule has 1 aliphatic rings. The first-order valence-corrected chi connectivity index (χ1v) is 7.83. The SMILES string of the molecule is Cc1cccc2c1ncn2C1=NC(C)(C)C(F)(F)c2ccccc21. The number of alkyl halides is 2. The summed E-state index contributed by atoms with van der Waals surface area (Å²) in [5, 5.41) is 0. The number of halogens is 2. The second kappa shape index (κ2) is 4.72. The van der Waals surface area contributed by atoms with Crippen molar-refractivity contribution in [1.29, 1.82) is 0 Å². The maximum atomic E-state index is 14.8. The van der Waals surface area contributed by atoms with Gasteiger partial charge in [-0.25, -0.2) is 4.98 Å². The van der Waals surface area contributed by atoms with Gasteiger partial charge in [0.05, 0.1) is 11.0 Å². The minimum Gasteiger partial charge on any atom is -0.283 e. The van der Waals surface area contributed by atoms with E-state index in [1.54, 1.807) is 29.1 Å². The maximum absolute atomic E-state index is 14.8. The minimum absolute atomic E-state index is 0.00880. The molecule has 0 N–H and O–H groups in total. The van der Waals surface area contributed by atoms with Crippen LogP contribution in [0.2, 0.25) is 0 Å². The Morgan fingerprint density at radius 2 is 1.75 bits per heavy atom. The van der Waals surface area contributed by atoms with Gasteiger partial charge in [-0.3, -0.25) is 9.56 Å². The highest BCUT2D eigenvalue weighted by molar-refractivity contribution is 6.07. The van der Waals surface area contributed by atoms with E-state index in [0.29, 0.717) is 11.4 Å². The second-order valence-electron chi connectivity index (χ2n) is 6.67. The lowest BCUT2D eigenvalue weighted by Gasteiger charge is -2.37. The van der Waals surface area contributed by atoms with E-state index in [9.17, 15) is 8.78 Å². The number of aryl methyl sites for hydroxylation is 1. The summed E-state index contributed by atoms with van der Waals surface area (Å²) in [5.74, 6) is -2.52. The summed E-state index contributed by atoms with van der Waals surface area (Å²) < 4.78 is 31.5. The first-order valence-electron chi connectivity index (χ1n) is 7.83. The molecule has 0 saturated heterocycles. The number of benzene rings is 2. The molecule has 0 amide bonds. The number of hydrogen-bond acceptors (Lipinski definition) is 2. The fraction of sp³-hybridized carbons (Fsp3) is 0.263. The Kier molecular flexibility index (Phi) is 2.95. The molecule has 5 heteroatoms. The van der Waals surface area contributed by atoms with Gasteiger partial charge in [0.2, 0.25) is 0 Å². The molecule has 0 saturated carbocycles. The van der Waals surface area contributed by atoms with Crippen LogP contribution in [0, 0.1) is 6.92 Å². The quantitative estimate of drug-likeness (QED) is 0.597. The number of aromatic nitrogens is 2. The number of rotatable bonds is 0. The van der Waals surface area contributed by atoms with E-state index in [1.807, 2.05) is 25.1 Å². The fourth-order valence-corrected chi connectivity index (χ4v) is 3.21. The van der Waals surface area contributed by atoms with E-state index in [1.165, 1.54) is 19.9 Å². The van der Waals surface area contributed by atoms with Crippen LogP contribution in [0.4, 0.5) is 8.78 Å². The number of hydrogen-bond donors (Lipinski definition) is 0. The molecule has 3 aromatic rings. The smallest absolute Gasteiger partial charge is 0.283 e. The highest BCUT2D eigenvalue weighted by atomic mass is 19.3. The van der Waals surface area contributed by atoms with Crippen molar-refractivity contribution < 1.29 is 8.78 Å². The van der Waals surface area contributed by atoms with Gasteiger partial charge in [0.15, 0.2) is 0 Å². The number of aliphatic imine (C=N–C) groups is 1. The summed E-state index contributed by atoms with van der Waals surface area (Å²) >= 11 is 0. The molecule has 1 aromatic heterocycles. The minimum atomic E-state index is -3.03. The predicted molar refractivity (Wildman–Crippen MR) is 90.8 cm³/mol. The lowest BCUT2D eigenvalue weighted by molar-refractivity contribution is -0.0684. The lowest BCUT2D eigenvalue weighted by Crippen LogP contribution is -2.45. The monoisotopic (exact) mass is 325 g/mol. The van der Waals surface area contributed by atoms with Crippen LogP contribution in [-0.2, 0) is 5.92 Å². The van der Waals surface area contributed by atoms with E-state index >= 15 is 0 Å². The summed E-state index contributed by atoms with van der Waals surface area (Å²) in [4.78, 5) is 8.87. The summed E-state index contributed by atoms with van der Waals surface area (Å²) in [6, 6.07) is 12.4. The van der Waals surface area contributed by atoms with Gasteiger partial charge in [-0.15, -0.1) is 0 Å². The maximum Gasteiger partial charge on any atom is 0.298 e. The highest BCUT2D eigenvalue weighted by Crippen LogP contribution is 2.46. The predicted octanol–water partition coefficient (Wildman–Crippen LogP) is 4.52. The van der Waals surface area contributed by atoms with Crippen molar-refractivity contribution >= 4 is 16.9 Å². The van der Waals surface area contributed by atoms with Crippen molar-refractivity contribution in [2.45, 2.75) is 32.2 Å². The van der Waals surface area contributed by atoms with Gasteiger partial charge in [0, 0.05) is 11.1 Å². The van der Waals surface area contributed by atoms with E-state index in [4.69, 9.17) is 0 Å². The molecule has 0 radical (unpaired) electrons. The molecule has 2 heterocycles. The zero-order chi connectivity index (χ0) is 17.1. The molecule has 4 rings (SSSR count). The van der Waals surface area contributed by atoms with Gasteiger partial charge in [-0.1, -0.05) is 36.4 Å². The molecule has 122 valence electrons. The van der Waals surface area contributed by atoms with Crippen LogP contribution in [0.3, 0.4) is 0 Å². The Bertz CT molecular complexity index is 983. The van der Waals surface area contributed by atoms with Gasteiger partial charge in [0.25, 0.3) is 5.92 Å². The van der Waals surface area contributed by atoms with Crippen LogP contribution < -0.4 is 0 Å². The molecule has 2 aromatic carbocycles.